The molecule has 0 saturated heterocycles. The molecule has 0 saturated carbocycles. The van der Waals surface area contributed by atoms with Gasteiger partial charge in [-0.25, -0.2) is 8.42 Å². The highest BCUT2D eigenvalue weighted by Gasteiger charge is 2.07. The second-order valence-corrected chi connectivity index (χ2v) is 6.36. The summed E-state index contributed by atoms with van der Waals surface area (Å²) >= 11 is 0. The second kappa shape index (κ2) is 6.17. The Morgan fingerprint density at radius 2 is 1.78 bits per heavy atom. The van der Waals surface area contributed by atoms with Gasteiger partial charge >= 0.3 is 0 Å². The van der Waals surface area contributed by atoms with Crippen molar-refractivity contribution in [1.29, 1.82) is 0 Å². The predicted molar refractivity (Wildman–Crippen MR) is 72.9 cm³/mol. The summed E-state index contributed by atoms with van der Waals surface area (Å²) in [6, 6.07) is 7.15. The molecule has 0 aliphatic heterocycles. The van der Waals surface area contributed by atoms with Crippen LogP contribution in [0.1, 0.15) is 19.4 Å². The summed E-state index contributed by atoms with van der Waals surface area (Å²) in [5.74, 6) is 0. The molecule has 0 aliphatic carbocycles. The second-order valence-electron chi connectivity index (χ2n) is 4.61. The van der Waals surface area contributed by atoms with Crippen LogP contribution in [0.5, 0.6) is 0 Å². The summed E-state index contributed by atoms with van der Waals surface area (Å²) in [4.78, 5) is 0. The molecule has 0 spiro atoms. The molecule has 0 aliphatic rings. The average molecular weight is 272 g/mol. The number of aliphatic hydroxyl groups excluding tert-OH is 1. The molecule has 3 N–H and O–H groups in total. The molecule has 1 aromatic carbocycles. The Bertz CT molecular complexity index is 469. The Morgan fingerprint density at radius 3 is 2.22 bits per heavy atom. The lowest BCUT2D eigenvalue weighted by atomic mass is 10.1. The fourth-order valence-corrected chi connectivity index (χ4v) is 2.15. The van der Waals surface area contributed by atoms with E-state index in [0.717, 1.165) is 11.8 Å². The van der Waals surface area contributed by atoms with Gasteiger partial charge in [-0.3, -0.25) is 10.0 Å². The molecule has 102 valence electrons. The van der Waals surface area contributed by atoms with Gasteiger partial charge in [-0.1, -0.05) is 12.1 Å². The van der Waals surface area contributed by atoms with E-state index in [1.54, 1.807) is 24.3 Å². The largest absolute Gasteiger partial charge is 0.378 e. The predicted octanol–water partition coefficient (Wildman–Crippen LogP) is 0.917. The number of hydrogen-bond acceptors (Lipinski definition) is 4. The smallest absolute Gasteiger partial charge is 0.229 e. The molecule has 5 nitrogen and oxygen atoms in total. The Kier molecular flexibility index (Phi) is 5.13. The standard InChI is InChI=1S/C12H20N2O3S/c1-9(2)13-12(15)8-10-4-6-11(7-5-10)14-18(3,16)17/h4-7,9,12-15H,8H2,1-3H3. The van der Waals surface area contributed by atoms with Crippen LogP contribution in [0.25, 0.3) is 0 Å². The minimum absolute atomic E-state index is 0.214. The zero-order valence-electron chi connectivity index (χ0n) is 10.8. The molecule has 1 aromatic rings. The zero-order chi connectivity index (χ0) is 13.8. The molecule has 1 atom stereocenters. The highest BCUT2D eigenvalue weighted by atomic mass is 32.2. The summed E-state index contributed by atoms with van der Waals surface area (Å²) in [5, 5.41) is 12.7. The monoisotopic (exact) mass is 272 g/mol. The van der Waals surface area contributed by atoms with Crippen LogP contribution in [-0.4, -0.2) is 32.0 Å². The summed E-state index contributed by atoms with van der Waals surface area (Å²) in [7, 11) is -3.24. The zero-order valence-corrected chi connectivity index (χ0v) is 11.7. The molecular formula is C12H20N2O3S. The van der Waals surface area contributed by atoms with E-state index in [1.807, 2.05) is 13.8 Å². The summed E-state index contributed by atoms with van der Waals surface area (Å²) in [5.41, 5.74) is 1.46. The molecule has 18 heavy (non-hydrogen) atoms. The van der Waals surface area contributed by atoms with E-state index in [0.29, 0.717) is 12.1 Å². The summed E-state index contributed by atoms with van der Waals surface area (Å²) < 4.78 is 24.4. The number of nitrogens with one attached hydrogen (secondary N) is 2. The number of sulfonamides is 1. The number of anilines is 1. The SMILES string of the molecule is CC(C)NC(O)Cc1ccc(NS(C)(=O)=O)cc1. The normalized spacial score (nSPS) is 13.6. The molecule has 0 heterocycles. The molecule has 0 aromatic heterocycles. The Hall–Kier alpha value is -1.11. The first-order chi connectivity index (χ1) is 8.26. The van der Waals surface area contributed by atoms with Gasteiger partial charge in [0.05, 0.1) is 6.26 Å². The molecule has 0 fully saturated rings. The molecule has 1 unspecified atom stereocenters. The fraction of sp³-hybridized carbons (Fsp3) is 0.500. The first-order valence-corrected chi connectivity index (χ1v) is 7.66. The van der Waals surface area contributed by atoms with Crippen molar-refractivity contribution in [3.8, 4) is 0 Å². The van der Waals surface area contributed by atoms with E-state index >= 15 is 0 Å². The molecule has 0 amide bonds. The lowest BCUT2D eigenvalue weighted by Gasteiger charge is -2.15. The van der Waals surface area contributed by atoms with Crippen molar-refractivity contribution in [1.82, 2.24) is 5.32 Å². The van der Waals surface area contributed by atoms with Crippen molar-refractivity contribution < 1.29 is 13.5 Å². The maximum atomic E-state index is 11.0. The molecule has 6 heteroatoms. The van der Waals surface area contributed by atoms with Crippen LogP contribution in [0.4, 0.5) is 5.69 Å². The minimum atomic E-state index is -3.24. The van der Waals surface area contributed by atoms with Crippen LogP contribution in [0.2, 0.25) is 0 Å². The van der Waals surface area contributed by atoms with Crippen LogP contribution in [-0.2, 0) is 16.4 Å². The van der Waals surface area contributed by atoms with Gasteiger partial charge in [0, 0.05) is 18.2 Å². The van der Waals surface area contributed by atoms with Crippen LogP contribution in [0.15, 0.2) is 24.3 Å². The van der Waals surface area contributed by atoms with Gasteiger partial charge in [0.15, 0.2) is 0 Å². The number of aliphatic hydroxyl groups is 1. The van der Waals surface area contributed by atoms with Gasteiger partial charge in [-0.15, -0.1) is 0 Å². The lowest BCUT2D eigenvalue weighted by Crippen LogP contribution is -2.36. The van der Waals surface area contributed by atoms with E-state index in [1.165, 1.54) is 0 Å². The first kappa shape index (κ1) is 14.9. The molecule has 1 rings (SSSR count). The van der Waals surface area contributed by atoms with Crippen molar-refractivity contribution in [2.75, 3.05) is 11.0 Å². The van der Waals surface area contributed by atoms with Crippen LogP contribution in [0, 0.1) is 0 Å². The number of benzene rings is 1. The third-order valence-corrected chi connectivity index (χ3v) is 2.82. The van der Waals surface area contributed by atoms with Gasteiger partial charge in [0.25, 0.3) is 0 Å². The number of rotatable bonds is 6. The van der Waals surface area contributed by atoms with Gasteiger partial charge in [0.1, 0.15) is 6.23 Å². The maximum Gasteiger partial charge on any atom is 0.229 e. The topological polar surface area (TPSA) is 78.4 Å². The molecule has 0 bridgehead atoms. The van der Waals surface area contributed by atoms with Crippen LogP contribution >= 0.6 is 0 Å². The van der Waals surface area contributed by atoms with Crippen molar-refractivity contribution >= 4 is 15.7 Å². The van der Waals surface area contributed by atoms with Crippen molar-refractivity contribution in [3.63, 3.8) is 0 Å². The maximum absolute atomic E-state index is 11.0. The van der Waals surface area contributed by atoms with Crippen molar-refractivity contribution in [2.45, 2.75) is 32.5 Å². The van der Waals surface area contributed by atoms with E-state index in [9.17, 15) is 13.5 Å². The van der Waals surface area contributed by atoms with Crippen LogP contribution in [0.3, 0.4) is 0 Å². The van der Waals surface area contributed by atoms with E-state index in [-0.39, 0.29) is 6.04 Å². The van der Waals surface area contributed by atoms with E-state index < -0.39 is 16.3 Å². The Labute approximate surface area is 108 Å². The van der Waals surface area contributed by atoms with Crippen molar-refractivity contribution in [3.05, 3.63) is 29.8 Å². The van der Waals surface area contributed by atoms with E-state index in [4.69, 9.17) is 0 Å². The highest BCUT2D eigenvalue weighted by Crippen LogP contribution is 2.12. The third-order valence-electron chi connectivity index (χ3n) is 2.21. The third kappa shape index (κ3) is 6.00. The Morgan fingerprint density at radius 1 is 1.22 bits per heavy atom. The first-order valence-electron chi connectivity index (χ1n) is 5.77. The molecule has 0 radical (unpaired) electrons. The summed E-state index contributed by atoms with van der Waals surface area (Å²) in [6.07, 6.45) is 0.993. The van der Waals surface area contributed by atoms with Crippen LogP contribution < -0.4 is 10.0 Å². The number of hydrogen-bond donors (Lipinski definition) is 3. The summed E-state index contributed by atoms with van der Waals surface area (Å²) in [6.45, 7) is 3.92. The highest BCUT2D eigenvalue weighted by molar-refractivity contribution is 7.92. The fourth-order valence-electron chi connectivity index (χ4n) is 1.59. The van der Waals surface area contributed by atoms with Gasteiger partial charge in [-0.2, -0.15) is 0 Å². The van der Waals surface area contributed by atoms with Crippen molar-refractivity contribution in [2.24, 2.45) is 0 Å². The Balaban J connectivity index is 2.60. The van der Waals surface area contributed by atoms with Gasteiger partial charge < -0.3 is 5.11 Å². The quantitative estimate of drug-likeness (QED) is 0.673. The van der Waals surface area contributed by atoms with Gasteiger partial charge in [-0.05, 0) is 31.5 Å². The van der Waals surface area contributed by atoms with E-state index in [2.05, 4.69) is 10.0 Å². The molecular weight excluding hydrogens is 252 g/mol. The van der Waals surface area contributed by atoms with Gasteiger partial charge in [0.2, 0.25) is 10.0 Å². The lowest BCUT2D eigenvalue weighted by molar-refractivity contribution is 0.127. The average Bonchev–Trinajstić information content (AvgIpc) is 2.17. The minimum Gasteiger partial charge on any atom is -0.378 e.